The topological polar surface area (TPSA) is 340 Å². The van der Waals surface area contributed by atoms with Crippen LogP contribution in [-0.4, -0.2) is 156 Å². The molecule has 14 heterocycles. The molecule has 122 heavy (non-hydrogen) atoms. The second kappa shape index (κ2) is 44.0. The van der Waals surface area contributed by atoms with Crippen molar-refractivity contribution in [1.82, 2.24) is 48.6 Å². The smallest absolute Gasteiger partial charge is 0.338 e. The summed E-state index contributed by atoms with van der Waals surface area (Å²) >= 11 is 18.2. The third-order valence-corrected chi connectivity index (χ3v) is 22.5. The number of hydrogen-bond acceptors (Lipinski definition) is 21. The molecular formula is C92H103Cl3N11O15Y-. The Morgan fingerprint density at radius 1 is 0.516 bits per heavy atom. The number of nitrogens with zero attached hydrogens (tertiary/aromatic N) is 8. The molecule has 4 aliphatic heterocycles. The zero-order chi connectivity index (χ0) is 86.9. The maximum absolute atomic E-state index is 12.7. The third kappa shape index (κ3) is 21.9. The van der Waals surface area contributed by atoms with Crippen LogP contribution in [0.1, 0.15) is 153 Å². The molecular weight excluding hydrogens is 1690 g/mol. The number of hydrogen-bond donors (Lipinski definition) is 6. The molecule has 0 spiro atoms. The van der Waals surface area contributed by atoms with Gasteiger partial charge in [-0.2, -0.15) is 0 Å². The molecule has 10 aromatic heterocycles. The van der Waals surface area contributed by atoms with E-state index in [0.29, 0.717) is 33.0 Å². The van der Waals surface area contributed by atoms with Gasteiger partial charge in [0, 0.05) is 140 Å². The molecule has 4 saturated heterocycles. The number of nitrogens with one attached hydrogen (secondary N) is 2. The van der Waals surface area contributed by atoms with Crippen LogP contribution in [0.4, 0.5) is 5.69 Å². The Labute approximate surface area is 748 Å². The van der Waals surface area contributed by atoms with E-state index in [9.17, 15) is 29.4 Å². The maximum atomic E-state index is 12.7. The van der Waals surface area contributed by atoms with E-state index in [1.807, 2.05) is 130 Å². The number of ether oxygens (including phenoxy) is 8. The Kier molecular flexibility index (Phi) is 34.1. The van der Waals surface area contributed by atoms with Crippen LogP contribution in [0.25, 0.3) is 55.2 Å². The maximum Gasteiger partial charge on any atom is 0.338 e. The van der Waals surface area contributed by atoms with Gasteiger partial charge in [0.15, 0.2) is 37.0 Å². The number of anilines is 1. The minimum Gasteiger partial charge on any atom is -0.454 e. The molecule has 0 bridgehead atoms. The predicted molar refractivity (Wildman–Crippen MR) is 466 cm³/mol. The second-order valence-corrected chi connectivity index (χ2v) is 31.0. The summed E-state index contributed by atoms with van der Waals surface area (Å²) in [5, 5.41) is 35.9. The van der Waals surface area contributed by atoms with Gasteiger partial charge in [-0.15, -0.1) is 29.7 Å². The van der Waals surface area contributed by atoms with Crippen molar-refractivity contribution in [2.75, 3.05) is 12.3 Å². The molecule has 16 atom stereocenters. The fourth-order valence-electron chi connectivity index (χ4n) is 15.1. The molecule has 0 saturated carbocycles. The van der Waals surface area contributed by atoms with E-state index in [0.717, 1.165) is 108 Å². The SMILES string of the molecule is C=CCC.CC[C@H]1O[C@@H](OC(C)=O)[C@H](OC(=O)c2ccccc2)[C@@H]1C.CC[C@H]1O[C@@H](n2cc(C)c3[c-]ccnc32)[C@H](OC(=O)c2ccccc2)[C@@H]1C.CC[C@H]1O[C@@H](n2cc(C)c3c(Cl)ccnc32)[C@H](OC(=O)c2ccccc2)[C@@H]1C.Cc1c[nH]c2nccc(Cl)c12.Cc1cn([C@@H]2O[C@H](CO)[C@@H](O)[C@H]2O)c2nccc(N)c12.Clc1ccnc2[nH]ccc12.[Y]. The van der Waals surface area contributed by atoms with Crippen molar-refractivity contribution in [3.8, 4) is 0 Å². The van der Waals surface area contributed by atoms with Gasteiger partial charge in [-0.3, -0.25) is 4.79 Å². The Morgan fingerprint density at radius 2 is 0.951 bits per heavy atom. The number of aliphatic hydroxyl groups is 3. The fraction of sp³-hybridized carbons (Fsp3) is 0.359. The Balaban J connectivity index is 0.000000156. The van der Waals surface area contributed by atoms with Crippen LogP contribution in [0.5, 0.6) is 0 Å². The Hall–Kier alpha value is -9.78. The molecule has 17 rings (SSSR count). The number of carbonyl (C=O) groups excluding carboxylic acids is 4. The van der Waals surface area contributed by atoms with Crippen LogP contribution in [0.15, 0.2) is 202 Å². The molecule has 1 radical (unpaired) electrons. The van der Waals surface area contributed by atoms with Crippen molar-refractivity contribution >= 4 is 120 Å². The third-order valence-electron chi connectivity index (χ3n) is 21.6. The average Bonchev–Trinajstić information content (AvgIpc) is 1.61. The largest absolute Gasteiger partial charge is 0.454 e. The van der Waals surface area contributed by atoms with E-state index in [1.54, 1.807) is 121 Å². The molecule has 3 aromatic carbocycles. The van der Waals surface area contributed by atoms with Crippen molar-refractivity contribution in [3.63, 3.8) is 0 Å². The number of nitrogens with two attached hydrogens (primary N) is 1. The van der Waals surface area contributed by atoms with E-state index < -0.39 is 67.4 Å². The Morgan fingerprint density at radius 3 is 1.45 bits per heavy atom. The van der Waals surface area contributed by atoms with Gasteiger partial charge in [0.05, 0.1) is 56.7 Å². The monoisotopic (exact) mass is 1800 g/mol. The molecule has 13 aromatic rings. The van der Waals surface area contributed by atoms with Gasteiger partial charge in [0.2, 0.25) is 6.29 Å². The van der Waals surface area contributed by atoms with E-state index in [1.165, 1.54) is 6.92 Å². The molecule has 7 N–H and O–H groups in total. The first kappa shape index (κ1) is 94.5. The van der Waals surface area contributed by atoms with E-state index in [2.05, 4.69) is 82.2 Å². The first-order valence-corrected chi connectivity index (χ1v) is 41.4. The molecule has 0 amide bonds. The summed E-state index contributed by atoms with van der Waals surface area (Å²) in [5.41, 5.74) is 16.0. The van der Waals surface area contributed by atoms with Crippen LogP contribution in [0.2, 0.25) is 15.1 Å². The van der Waals surface area contributed by atoms with Gasteiger partial charge < -0.3 is 87.6 Å². The summed E-state index contributed by atoms with van der Waals surface area (Å²) in [7, 11) is 0. The quantitative estimate of drug-likeness (QED) is 0.0240. The first-order chi connectivity index (χ1) is 58.2. The number of aromatic amines is 2. The number of H-pyrrole nitrogens is 2. The minimum atomic E-state index is -1.14. The molecule has 30 heteroatoms. The van der Waals surface area contributed by atoms with E-state index >= 15 is 0 Å². The van der Waals surface area contributed by atoms with Gasteiger partial charge in [-0.25, -0.2) is 34.3 Å². The van der Waals surface area contributed by atoms with Crippen LogP contribution >= 0.6 is 34.8 Å². The molecule has 26 nitrogen and oxygen atoms in total. The number of aryl methyl sites for hydroxylation is 4. The molecule has 4 fully saturated rings. The molecule has 4 aliphatic rings. The van der Waals surface area contributed by atoms with Crippen molar-refractivity contribution in [2.45, 2.75) is 189 Å². The van der Waals surface area contributed by atoms with Crippen molar-refractivity contribution in [3.05, 3.63) is 262 Å². The number of halogens is 3. The van der Waals surface area contributed by atoms with Gasteiger partial charge in [0.1, 0.15) is 40.9 Å². The number of aliphatic hydroxyl groups excluding tert-OH is 3. The number of aromatic nitrogens is 10. The molecule has 641 valence electrons. The standard InChI is InChI=1S/C22H23ClN2O3.C22H23N2O3.C16H20O5.C13H17N3O4.C8H7ClN2.C7H5ClN2.C4H8.Y/c1-4-17-14(3)19(28-22(26)15-8-6-5-7-9-15)21(27-17)25-12-13(2)18-16(23)10-11-24-20(18)25;1-4-18-15(3)19(27-22(25)16-9-6-5-7-10-16)21(26-18)24-13-14(2)17-11-8-12-23-20(17)24;1-4-13-10(2)14(16(20-13)19-11(3)17)21-15(18)12-8-6-5-7-9-12;1-6-4-16(12-9(6)7(14)2-3-15-12)13-11(19)10(18)8(5-17)20-13;1-5-4-11-8-7(5)6(9)2-3-10-8;8-6-2-4-10-7-5(6)1-3-9-7;1-3-4-2;/h5-12,14,17,19,21H,4H2,1-3H3;5-10,12-13,15,18-19,21H,4H2,1-3H3;5-10,13-14,16H,4H2,1-3H3;2-4,8,10-11,13,17-19H,5H2,1H3,(H2,14,15);2-4H,1H3,(H,10,11);1-4H,(H,9,10);3H,1,4H2,2H3;/q;-1;;;;;;/t14-,17-,19-,21-;15-,18-,19-,21-;10-,13-,14-,16-;8-,10-,11-,13-;;;;/m1111..../s1. The molecule has 0 unspecified atom stereocenters. The van der Waals surface area contributed by atoms with E-state index in [-0.39, 0.29) is 93.4 Å². The number of pyridine rings is 5. The van der Waals surface area contributed by atoms with Crippen molar-refractivity contribution in [1.29, 1.82) is 0 Å². The van der Waals surface area contributed by atoms with Crippen LogP contribution < -0.4 is 5.73 Å². The number of allylic oxidation sites excluding steroid dienone is 1. The van der Waals surface area contributed by atoms with Gasteiger partial charge in [0.25, 0.3) is 0 Å². The number of esters is 4. The zero-order valence-electron chi connectivity index (χ0n) is 70.1. The summed E-state index contributed by atoms with van der Waals surface area (Å²) in [4.78, 5) is 76.2. The summed E-state index contributed by atoms with van der Waals surface area (Å²) in [6.45, 7) is 26.6. The van der Waals surface area contributed by atoms with Crippen LogP contribution in [-0.2, 0) is 75.4 Å². The number of benzene rings is 3. The van der Waals surface area contributed by atoms with Crippen LogP contribution in [0.3, 0.4) is 0 Å². The van der Waals surface area contributed by atoms with Crippen molar-refractivity contribution in [2.24, 2.45) is 17.8 Å². The first-order valence-electron chi connectivity index (χ1n) is 40.2. The second-order valence-electron chi connectivity index (χ2n) is 29.8. The minimum absolute atomic E-state index is 0. The summed E-state index contributed by atoms with van der Waals surface area (Å²) in [6, 6.07) is 40.8. The number of carbonyl (C=O) groups is 4. The van der Waals surface area contributed by atoms with Gasteiger partial charge in [-0.1, -0.05) is 157 Å². The number of rotatable bonds is 15. The normalized spacial score (nSPS) is 23.0. The predicted octanol–water partition coefficient (Wildman–Crippen LogP) is 17.9. The number of nitrogen functional groups attached to an aromatic ring is 1. The van der Waals surface area contributed by atoms with E-state index in [4.69, 9.17) is 83.5 Å². The average molecular weight is 1800 g/mol. The summed E-state index contributed by atoms with van der Waals surface area (Å²) in [6.07, 6.45) is 16.2. The Bertz CT molecular complexity index is 5640. The zero-order valence-corrected chi connectivity index (χ0v) is 75.2. The summed E-state index contributed by atoms with van der Waals surface area (Å²) in [5.74, 6) is -1.47. The van der Waals surface area contributed by atoms with Gasteiger partial charge >= 0.3 is 23.9 Å². The molecule has 0 aliphatic carbocycles. The number of fused-ring (bicyclic) bond motifs is 5. The summed E-state index contributed by atoms with van der Waals surface area (Å²) < 4.78 is 51.9. The fourth-order valence-corrected chi connectivity index (χ4v) is 15.9. The van der Waals surface area contributed by atoms with Crippen LogP contribution in [0, 0.1) is 51.5 Å². The van der Waals surface area contributed by atoms with Crippen molar-refractivity contribution < 1.29 is 105 Å². The van der Waals surface area contributed by atoms with Gasteiger partial charge in [-0.05, 0) is 136 Å².